The molecule has 0 aliphatic carbocycles. The molecule has 2 aromatic carbocycles. The number of hydrogen-bond acceptors (Lipinski definition) is 3. The lowest BCUT2D eigenvalue weighted by Gasteiger charge is -2.13. The highest BCUT2D eigenvalue weighted by molar-refractivity contribution is 5.89. The first-order valence-electron chi connectivity index (χ1n) is 6.25. The number of carbonyl (C=O) groups is 1. The average Bonchev–Trinajstić information content (AvgIpc) is 2.53. The number of nitrogens with one attached hydrogen (secondary N) is 2. The molecule has 5 heteroatoms. The molecule has 102 valence electrons. The molecule has 0 fully saturated rings. The zero-order valence-electron chi connectivity index (χ0n) is 11.1. The van der Waals surface area contributed by atoms with E-state index >= 15 is 0 Å². The van der Waals surface area contributed by atoms with Gasteiger partial charge in [-0.05, 0) is 23.8 Å². The number of amides is 2. The highest BCUT2D eigenvalue weighted by atomic mass is 16.2. The van der Waals surface area contributed by atoms with Gasteiger partial charge >= 0.3 is 6.03 Å². The normalized spacial score (nSPS) is 10.8. The summed E-state index contributed by atoms with van der Waals surface area (Å²) in [5, 5.41) is 23.1. The summed E-state index contributed by atoms with van der Waals surface area (Å²) in [6, 6.07) is 18.3. The number of anilines is 1. The predicted molar refractivity (Wildman–Crippen MR) is 78.1 cm³/mol. The van der Waals surface area contributed by atoms with Crippen LogP contribution in [0.3, 0.4) is 0 Å². The fraction of sp³-hybridized carbons (Fsp3) is 0.0625. The predicted octanol–water partition coefficient (Wildman–Crippen LogP) is 2.94. The summed E-state index contributed by atoms with van der Waals surface area (Å²) in [4.78, 5) is 11.9. The van der Waals surface area contributed by atoms with Crippen LogP contribution in [-0.2, 0) is 0 Å². The summed E-state index contributed by atoms with van der Waals surface area (Å²) in [5.41, 5.74) is 1.66. The van der Waals surface area contributed by atoms with Crippen molar-refractivity contribution < 1.29 is 4.79 Å². The van der Waals surface area contributed by atoms with E-state index in [2.05, 4.69) is 10.6 Å². The van der Waals surface area contributed by atoms with Gasteiger partial charge in [0.05, 0.1) is 17.7 Å². The van der Waals surface area contributed by atoms with Crippen molar-refractivity contribution in [3.05, 3.63) is 65.7 Å². The third-order valence-electron chi connectivity index (χ3n) is 2.79. The number of rotatable bonds is 3. The molecule has 0 spiro atoms. The molecule has 2 rings (SSSR count). The molecule has 0 bridgehead atoms. The van der Waals surface area contributed by atoms with Crippen LogP contribution in [0.4, 0.5) is 10.5 Å². The summed E-state index contributed by atoms with van der Waals surface area (Å²) in [7, 11) is 0. The molecule has 0 aliphatic rings. The second-order valence-corrected chi connectivity index (χ2v) is 4.26. The van der Waals surface area contributed by atoms with Crippen molar-refractivity contribution in [3.8, 4) is 12.1 Å². The smallest absolute Gasteiger partial charge is 0.318 e. The maximum absolute atomic E-state index is 11.9. The van der Waals surface area contributed by atoms with E-state index in [1.807, 2.05) is 18.2 Å². The van der Waals surface area contributed by atoms with Crippen LogP contribution in [-0.4, -0.2) is 6.03 Å². The zero-order chi connectivity index (χ0) is 15.1. The monoisotopic (exact) mass is 276 g/mol. The van der Waals surface area contributed by atoms with Gasteiger partial charge in [-0.25, -0.2) is 4.79 Å². The van der Waals surface area contributed by atoms with Gasteiger partial charge in [0.25, 0.3) is 0 Å². The third-order valence-corrected chi connectivity index (χ3v) is 2.79. The fourth-order valence-electron chi connectivity index (χ4n) is 1.80. The fourth-order valence-corrected chi connectivity index (χ4v) is 1.80. The zero-order valence-corrected chi connectivity index (χ0v) is 11.1. The van der Waals surface area contributed by atoms with Gasteiger partial charge in [-0.1, -0.05) is 36.4 Å². The Labute approximate surface area is 122 Å². The minimum absolute atomic E-state index is 0.452. The molecule has 2 N–H and O–H groups in total. The molecule has 1 unspecified atom stereocenters. The van der Waals surface area contributed by atoms with Crippen molar-refractivity contribution in [3.63, 3.8) is 0 Å². The second-order valence-electron chi connectivity index (χ2n) is 4.26. The molecule has 0 saturated carbocycles. The maximum Gasteiger partial charge on any atom is 0.320 e. The van der Waals surface area contributed by atoms with Crippen molar-refractivity contribution in [2.75, 3.05) is 5.32 Å². The molecule has 0 aliphatic heterocycles. The van der Waals surface area contributed by atoms with Crippen LogP contribution < -0.4 is 10.6 Å². The van der Waals surface area contributed by atoms with Crippen LogP contribution in [0.5, 0.6) is 0 Å². The highest BCUT2D eigenvalue weighted by Gasteiger charge is 2.13. The number of nitrogens with zero attached hydrogens (tertiary/aromatic N) is 2. The number of carbonyl (C=O) groups excluding carboxylic acids is 1. The van der Waals surface area contributed by atoms with E-state index in [9.17, 15) is 4.79 Å². The second kappa shape index (κ2) is 6.74. The average molecular weight is 276 g/mol. The van der Waals surface area contributed by atoms with Crippen LogP contribution in [0.15, 0.2) is 54.6 Å². The van der Waals surface area contributed by atoms with Crippen LogP contribution in [0.25, 0.3) is 0 Å². The Bertz CT molecular complexity index is 713. The number of hydrogen-bond donors (Lipinski definition) is 2. The third kappa shape index (κ3) is 3.82. The van der Waals surface area contributed by atoms with E-state index in [0.29, 0.717) is 16.8 Å². The maximum atomic E-state index is 11.9. The van der Waals surface area contributed by atoms with Gasteiger partial charge in [-0.3, -0.25) is 0 Å². The van der Waals surface area contributed by atoms with Crippen LogP contribution in [0.1, 0.15) is 17.2 Å². The lowest BCUT2D eigenvalue weighted by molar-refractivity contribution is 0.250. The van der Waals surface area contributed by atoms with E-state index in [1.165, 1.54) is 0 Å². The number of urea groups is 1. The van der Waals surface area contributed by atoms with E-state index in [4.69, 9.17) is 10.5 Å². The molecule has 0 saturated heterocycles. The summed E-state index contributed by atoms with van der Waals surface area (Å²) >= 11 is 0. The van der Waals surface area contributed by atoms with Crippen molar-refractivity contribution in [1.29, 1.82) is 10.5 Å². The van der Waals surface area contributed by atoms with Gasteiger partial charge < -0.3 is 10.6 Å². The van der Waals surface area contributed by atoms with Crippen molar-refractivity contribution in [2.45, 2.75) is 6.04 Å². The first-order chi connectivity index (χ1) is 10.2. The molecule has 0 heterocycles. The summed E-state index contributed by atoms with van der Waals surface area (Å²) in [6.07, 6.45) is 0. The molecular weight excluding hydrogens is 264 g/mol. The minimum Gasteiger partial charge on any atom is -0.318 e. The molecule has 1 atom stereocenters. The summed E-state index contributed by atoms with van der Waals surface area (Å²) < 4.78 is 0. The molecule has 2 aromatic rings. The topological polar surface area (TPSA) is 88.7 Å². The van der Waals surface area contributed by atoms with Gasteiger partial charge in [-0.2, -0.15) is 10.5 Å². The van der Waals surface area contributed by atoms with Crippen molar-refractivity contribution in [1.82, 2.24) is 5.32 Å². The molecule has 0 aromatic heterocycles. The highest BCUT2D eigenvalue weighted by Crippen LogP contribution is 2.13. The SMILES string of the molecule is N#Cc1cccc(NC(=O)NC(C#N)c2ccccc2)c1. The first-order valence-corrected chi connectivity index (χ1v) is 6.25. The molecule has 21 heavy (non-hydrogen) atoms. The Morgan fingerprint density at radius 2 is 1.81 bits per heavy atom. The van der Waals surface area contributed by atoms with Gasteiger partial charge in [-0.15, -0.1) is 0 Å². The molecule has 5 nitrogen and oxygen atoms in total. The van der Waals surface area contributed by atoms with Gasteiger partial charge in [0, 0.05) is 5.69 Å². The molecule has 0 radical (unpaired) electrons. The Morgan fingerprint density at radius 1 is 1.05 bits per heavy atom. The van der Waals surface area contributed by atoms with E-state index in [1.54, 1.807) is 48.5 Å². The number of nitriles is 2. The van der Waals surface area contributed by atoms with E-state index in [-0.39, 0.29) is 0 Å². The van der Waals surface area contributed by atoms with Crippen LogP contribution >= 0.6 is 0 Å². The minimum atomic E-state index is -0.731. The van der Waals surface area contributed by atoms with Crippen molar-refractivity contribution >= 4 is 11.7 Å². The lowest BCUT2D eigenvalue weighted by atomic mass is 10.1. The number of benzene rings is 2. The van der Waals surface area contributed by atoms with E-state index in [0.717, 1.165) is 0 Å². The molecular formula is C16H12N4O. The van der Waals surface area contributed by atoms with Crippen molar-refractivity contribution in [2.24, 2.45) is 0 Å². The quantitative estimate of drug-likeness (QED) is 0.903. The standard InChI is InChI=1S/C16H12N4O/c17-10-12-5-4-8-14(9-12)19-16(21)20-15(11-18)13-6-2-1-3-7-13/h1-9,15H,(H2,19,20,21). The van der Waals surface area contributed by atoms with Gasteiger partial charge in [0.2, 0.25) is 0 Å². The van der Waals surface area contributed by atoms with Gasteiger partial charge in [0.1, 0.15) is 6.04 Å². The summed E-state index contributed by atoms with van der Waals surface area (Å²) in [6.45, 7) is 0. The van der Waals surface area contributed by atoms with Crippen LogP contribution in [0, 0.1) is 22.7 Å². The lowest BCUT2D eigenvalue weighted by Crippen LogP contribution is -2.31. The Hall–Kier alpha value is -3.31. The van der Waals surface area contributed by atoms with Crippen LogP contribution in [0.2, 0.25) is 0 Å². The Morgan fingerprint density at radius 3 is 2.48 bits per heavy atom. The Kier molecular flexibility index (Phi) is 4.53. The summed E-state index contributed by atoms with van der Waals surface area (Å²) in [5.74, 6) is 0. The largest absolute Gasteiger partial charge is 0.320 e. The molecule has 2 amide bonds. The van der Waals surface area contributed by atoms with E-state index < -0.39 is 12.1 Å². The van der Waals surface area contributed by atoms with Gasteiger partial charge in [0.15, 0.2) is 0 Å². The first kappa shape index (κ1) is 14.1. The Balaban J connectivity index is 2.04.